The zero-order valence-electron chi connectivity index (χ0n) is 10.5. The van der Waals surface area contributed by atoms with Crippen molar-refractivity contribution < 1.29 is 25.2 Å². The van der Waals surface area contributed by atoms with Crippen LogP contribution < -0.4 is 0 Å². The highest BCUT2D eigenvalue weighted by molar-refractivity contribution is 5.68. The molecule has 1 unspecified atom stereocenters. The Bertz CT molecular complexity index is 596. The van der Waals surface area contributed by atoms with E-state index < -0.39 is 5.92 Å². The molecule has 2 rings (SSSR count). The predicted molar refractivity (Wildman–Crippen MR) is 72.1 cm³/mol. The van der Waals surface area contributed by atoms with E-state index in [1.165, 1.54) is 12.1 Å². The Morgan fingerprint density at radius 3 is 1.95 bits per heavy atom. The third kappa shape index (κ3) is 2.83. The number of carbonyl (C=O) groups is 1. The van der Waals surface area contributed by atoms with Gasteiger partial charge in [-0.05, 0) is 24.1 Å². The fourth-order valence-electron chi connectivity index (χ4n) is 2.09. The molecule has 20 heavy (non-hydrogen) atoms. The number of carbonyl (C=O) groups excluding carboxylic acids is 1. The minimum absolute atomic E-state index is 0.0749. The average molecular weight is 274 g/mol. The summed E-state index contributed by atoms with van der Waals surface area (Å²) in [5.74, 6) is -1.58. The van der Waals surface area contributed by atoms with Gasteiger partial charge in [0.05, 0.1) is 5.92 Å². The highest BCUT2D eigenvalue weighted by atomic mass is 16.3. The molecule has 0 saturated heterocycles. The lowest BCUT2D eigenvalue weighted by Crippen LogP contribution is -2.05. The van der Waals surface area contributed by atoms with Gasteiger partial charge < -0.3 is 25.2 Å². The number of aldehydes is 1. The zero-order chi connectivity index (χ0) is 14.7. The molecule has 2 aromatic carbocycles. The molecule has 5 heteroatoms. The van der Waals surface area contributed by atoms with Crippen LogP contribution in [0.3, 0.4) is 0 Å². The van der Waals surface area contributed by atoms with Gasteiger partial charge in [0.2, 0.25) is 0 Å². The lowest BCUT2D eigenvalue weighted by molar-refractivity contribution is -0.109. The van der Waals surface area contributed by atoms with Gasteiger partial charge >= 0.3 is 0 Å². The standard InChI is InChI=1S/C15H14O5/c16-8-10(5-9-1-3-11(17)4-2-9)15-13(19)6-12(18)7-14(15)20/h1-4,6-8,10,17-20H,5H2. The largest absolute Gasteiger partial charge is 0.508 e. The first-order valence-electron chi connectivity index (χ1n) is 5.99. The van der Waals surface area contributed by atoms with Gasteiger partial charge in [0.1, 0.15) is 29.3 Å². The molecule has 0 fully saturated rings. The summed E-state index contributed by atoms with van der Waals surface area (Å²) in [6, 6.07) is 8.44. The van der Waals surface area contributed by atoms with Crippen LogP contribution in [0.2, 0.25) is 0 Å². The summed E-state index contributed by atoms with van der Waals surface area (Å²) in [6.07, 6.45) is 0.883. The van der Waals surface area contributed by atoms with Crippen LogP contribution in [0, 0.1) is 0 Å². The monoisotopic (exact) mass is 274 g/mol. The van der Waals surface area contributed by atoms with Gasteiger partial charge in [0.25, 0.3) is 0 Å². The quantitative estimate of drug-likeness (QED) is 0.639. The molecule has 0 heterocycles. The van der Waals surface area contributed by atoms with Gasteiger partial charge in [-0.3, -0.25) is 0 Å². The van der Waals surface area contributed by atoms with E-state index in [0.717, 1.165) is 17.7 Å². The molecule has 0 spiro atoms. The van der Waals surface area contributed by atoms with Crippen molar-refractivity contribution in [2.75, 3.05) is 0 Å². The fourth-order valence-corrected chi connectivity index (χ4v) is 2.09. The van der Waals surface area contributed by atoms with Crippen molar-refractivity contribution in [3.8, 4) is 23.0 Å². The highest BCUT2D eigenvalue weighted by Crippen LogP contribution is 2.38. The molecule has 0 amide bonds. The van der Waals surface area contributed by atoms with Crippen LogP contribution in [0.15, 0.2) is 36.4 Å². The van der Waals surface area contributed by atoms with Crippen molar-refractivity contribution in [2.24, 2.45) is 0 Å². The van der Waals surface area contributed by atoms with Crippen molar-refractivity contribution in [1.82, 2.24) is 0 Å². The Morgan fingerprint density at radius 1 is 0.900 bits per heavy atom. The maximum Gasteiger partial charge on any atom is 0.128 e. The van der Waals surface area contributed by atoms with Crippen LogP contribution in [0.1, 0.15) is 17.0 Å². The molecule has 5 nitrogen and oxygen atoms in total. The summed E-state index contributed by atoms with van der Waals surface area (Å²) >= 11 is 0. The third-order valence-corrected chi connectivity index (χ3v) is 3.05. The van der Waals surface area contributed by atoms with Gasteiger partial charge in [-0.1, -0.05) is 12.1 Å². The van der Waals surface area contributed by atoms with E-state index >= 15 is 0 Å². The van der Waals surface area contributed by atoms with Gasteiger partial charge in [0, 0.05) is 17.7 Å². The molecule has 0 aliphatic carbocycles. The molecule has 104 valence electrons. The molecule has 0 aliphatic heterocycles. The molecule has 0 aromatic heterocycles. The minimum atomic E-state index is -0.750. The maximum absolute atomic E-state index is 11.2. The van der Waals surface area contributed by atoms with Crippen LogP contribution >= 0.6 is 0 Å². The molecule has 0 aliphatic rings. The summed E-state index contributed by atoms with van der Waals surface area (Å²) in [7, 11) is 0. The first-order valence-corrected chi connectivity index (χ1v) is 5.99. The molecule has 0 saturated carbocycles. The van der Waals surface area contributed by atoms with Crippen LogP contribution in [-0.2, 0) is 11.2 Å². The smallest absolute Gasteiger partial charge is 0.128 e. The van der Waals surface area contributed by atoms with E-state index in [9.17, 15) is 25.2 Å². The number of phenols is 4. The first-order chi connectivity index (χ1) is 9.51. The number of hydrogen-bond acceptors (Lipinski definition) is 5. The maximum atomic E-state index is 11.2. The molecule has 4 N–H and O–H groups in total. The summed E-state index contributed by atoms with van der Waals surface area (Å²) in [5.41, 5.74) is 0.845. The molecule has 2 aromatic rings. The third-order valence-electron chi connectivity index (χ3n) is 3.05. The van der Waals surface area contributed by atoms with E-state index in [0.29, 0.717) is 6.29 Å². The van der Waals surface area contributed by atoms with Crippen molar-refractivity contribution in [3.63, 3.8) is 0 Å². The molecule has 0 radical (unpaired) electrons. The summed E-state index contributed by atoms with van der Waals surface area (Å²) < 4.78 is 0. The second-order valence-electron chi connectivity index (χ2n) is 4.51. The van der Waals surface area contributed by atoms with Crippen LogP contribution in [0.4, 0.5) is 0 Å². The lowest BCUT2D eigenvalue weighted by atomic mass is 9.91. The van der Waals surface area contributed by atoms with Gasteiger partial charge in [-0.25, -0.2) is 0 Å². The Hall–Kier alpha value is -2.69. The van der Waals surface area contributed by atoms with Crippen molar-refractivity contribution in [2.45, 2.75) is 12.3 Å². The minimum Gasteiger partial charge on any atom is -0.508 e. The van der Waals surface area contributed by atoms with Crippen molar-refractivity contribution in [1.29, 1.82) is 0 Å². The molecular weight excluding hydrogens is 260 g/mol. The number of phenolic OH excluding ortho intramolecular Hbond substituents is 4. The topological polar surface area (TPSA) is 98.0 Å². The Kier molecular flexibility index (Phi) is 3.79. The van der Waals surface area contributed by atoms with Crippen LogP contribution in [0.25, 0.3) is 0 Å². The fraction of sp³-hybridized carbons (Fsp3) is 0.133. The second-order valence-corrected chi connectivity index (χ2v) is 4.51. The highest BCUT2D eigenvalue weighted by Gasteiger charge is 2.20. The normalized spacial score (nSPS) is 12.0. The molecule has 1 atom stereocenters. The number of benzene rings is 2. The zero-order valence-corrected chi connectivity index (χ0v) is 10.5. The SMILES string of the molecule is O=CC(Cc1ccc(O)cc1)c1c(O)cc(O)cc1O. The Balaban J connectivity index is 2.33. The van der Waals surface area contributed by atoms with Gasteiger partial charge in [-0.2, -0.15) is 0 Å². The summed E-state index contributed by atoms with van der Waals surface area (Å²) in [5, 5.41) is 38.0. The number of hydrogen-bond donors (Lipinski definition) is 4. The van der Waals surface area contributed by atoms with Crippen LogP contribution in [0.5, 0.6) is 23.0 Å². The Labute approximate surface area is 115 Å². The predicted octanol–water partition coefficient (Wildman–Crippen LogP) is 2.03. The van der Waals surface area contributed by atoms with E-state index in [4.69, 9.17) is 0 Å². The summed E-state index contributed by atoms with van der Waals surface area (Å²) in [6.45, 7) is 0. The summed E-state index contributed by atoms with van der Waals surface area (Å²) in [4.78, 5) is 11.2. The van der Waals surface area contributed by atoms with Gasteiger partial charge in [-0.15, -0.1) is 0 Å². The number of aromatic hydroxyl groups is 4. The lowest BCUT2D eigenvalue weighted by Gasteiger charge is -2.14. The molecule has 0 bridgehead atoms. The van der Waals surface area contributed by atoms with E-state index in [-0.39, 0.29) is 35.0 Å². The number of rotatable bonds is 4. The van der Waals surface area contributed by atoms with E-state index in [2.05, 4.69) is 0 Å². The first kappa shape index (κ1) is 13.7. The van der Waals surface area contributed by atoms with E-state index in [1.807, 2.05) is 0 Å². The van der Waals surface area contributed by atoms with Gasteiger partial charge in [0.15, 0.2) is 0 Å². The Morgan fingerprint density at radius 2 is 1.45 bits per heavy atom. The average Bonchev–Trinajstić information content (AvgIpc) is 2.38. The van der Waals surface area contributed by atoms with Crippen molar-refractivity contribution in [3.05, 3.63) is 47.5 Å². The van der Waals surface area contributed by atoms with Crippen molar-refractivity contribution >= 4 is 6.29 Å². The van der Waals surface area contributed by atoms with Crippen LogP contribution in [-0.4, -0.2) is 26.7 Å². The van der Waals surface area contributed by atoms with E-state index in [1.54, 1.807) is 12.1 Å². The second kappa shape index (κ2) is 5.52. The molecular formula is C15H14O5.